The van der Waals surface area contributed by atoms with E-state index in [4.69, 9.17) is 9.47 Å². The quantitative estimate of drug-likeness (QED) is 0.768. The highest BCUT2D eigenvalue weighted by atomic mass is 16.5. The maximum absolute atomic E-state index is 11.4. The molecule has 0 fully saturated rings. The minimum absolute atomic E-state index is 0.0800. The van der Waals surface area contributed by atoms with Crippen LogP contribution in [0.3, 0.4) is 0 Å². The Labute approximate surface area is 102 Å². The average molecular weight is 237 g/mol. The smallest absolute Gasteiger partial charge is 0.307 e. The topological polar surface area (TPSA) is 47.6 Å². The number of methoxy groups -OCH3 is 2. The van der Waals surface area contributed by atoms with E-state index in [1.165, 1.54) is 7.11 Å². The van der Waals surface area contributed by atoms with E-state index in [0.717, 1.165) is 17.9 Å². The highest BCUT2D eigenvalue weighted by Gasteiger charge is 2.18. The fourth-order valence-electron chi connectivity index (χ4n) is 1.74. The Kier molecular flexibility index (Phi) is 5.49. The number of carbonyl (C=O) groups excluding carboxylic acids is 1. The monoisotopic (exact) mass is 237 g/mol. The first-order valence-corrected chi connectivity index (χ1v) is 5.66. The standard InChI is InChI=1S/C13H19NO3/c1-4-14-11(9-13(15)17-3)10-7-5-6-8-12(10)16-2/h5-8,11,14H,4,9H2,1-3H3. The Morgan fingerprint density at radius 2 is 2.06 bits per heavy atom. The Balaban J connectivity index is 2.91. The number of benzene rings is 1. The largest absolute Gasteiger partial charge is 0.496 e. The lowest BCUT2D eigenvalue weighted by Crippen LogP contribution is -2.24. The molecule has 0 aliphatic carbocycles. The highest BCUT2D eigenvalue weighted by Crippen LogP contribution is 2.27. The van der Waals surface area contributed by atoms with Crippen LogP contribution < -0.4 is 10.1 Å². The minimum Gasteiger partial charge on any atom is -0.496 e. The Morgan fingerprint density at radius 1 is 1.35 bits per heavy atom. The molecular weight excluding hydrogens is 218 g/mol. The lowest BCUT2D eigenvalue weighted by molar-refractivity contribution is -0.141. The van der Waals surface area contributed by atoms with E-state index in [1.807, 2.05) is 31.2 Å². The molecule has 0 aromatic heterocycles. The van der Waals surface area contributed by atoms with E-state index in [-0.39, 0.29) is 12.0 Å². The van der Waals surface area contributed by atoms with Gasteiger partial charge in [-0.05, 0) is 12.6 Å². The zero-order valence-electron chi connectivity index (χ0n) is 10.5. The number of hydrogen-bond acceptors (Lipinski definition) is 4. The fraction of sp³-hybridized carbons (Fsp3) is 0.462. The Hall–Kier alpha value is -1.55. The van der Waals surface area contributed by atoms with Crippen molar-refractivity contribution in [1.29, 1.82) is 0 Å². The van der Waals surface area contributed by atoms with Gasteiger partial charge in [0.15, 0.2) is 0 Å². The van der Waals surface area contributed by atoms with Crippen molar-refractivity contribution in [3.63, 3.8) is 0 Å². The number of para-hydroxylation sites is 1. The lowest BCUT2D eigenvalue weighted by atomic mass is 10.0. The van der Waals surface area contributed by atoms with Crippen LogP contribution in [-0.2, 0) is 9.53 Å². The molecule has 1 unspecified atom stereocenters. The summed E-state index contributed by atoms with van der Waals surface area (Å²) in [5.74, 6) is 0.546. The lowest BCUT2D eigenvalue weighted by Gasteiger charge is -2.19. The van der Waals surface area contributed by atoms with Crippen molar-refractivity contribution in [2.75, 3.05) is 20.8 Å². The number of rotatable bonds is 6. The van der Waals surface area contributed by atoms with Gasteiger partial charge in [0, 0.05) is 11.6 Å². The van der Waals surface area contributed by atoms with Crippen LogP contribution in [0.2, 0.25) is 0 Å². The summed E-state index contributed by atoms with van der Waals surface area (Å²) in [4.78, 5) is 11.4. The first-order valence-electron chi connectivity index (χ1n) is 5.66. The van der Waals surface area contributed by atoms with Crippen molar-refractivity contribution >= 4 is 5.97 Å². The molecule has 0 aliphatic rings. The molecule has 17 heavy (non-hydrogen) atoms. The summed E-state index contributed by atoms with van der Waals surface area (Å²) in [5, 5.41) is 3.26. The van der Waals surface area contributed by atoms with Crippen LogP contribution in [-0.4, -0.2) is 26.7 Å². The number of ether oxygens (including phenoxy) is 2. The van der Waals surface area contributed by atoms with E-state index in [0.29, 0.717) is 6.42 Å². The van der Waals surface area contributed by atoms with Crippen molar-refractivity contribution in [2.24, 2.45) is 0 Å². The van der Waals surface area contributed by atoms with E-state index < -0.39 is 0 Å². The molecule has 94 valence electrons. The highest BCUT2D eigenvalue weighted by molar-refractivity contribution is 5.70. The fourth-order valence-corrected chi connectivity index (χ4v) is 1.74. The zero-order chi connectivity index (χ0) is 12.7. The Morgan fingerprint density at radius 3 is 2.65 bits per heavy atom. The minimum atomic E-state index is -0.234. The number of nitrogens with one attached hydrogen (secondary N) is 1. The summed E-state index contributed by atoms with van der Waals surface area (Å²) in [6, 6.07) is 7.60. The van der Waals surface area contributed by atoms with Gasteiger partial charge >= 0.3 is 5.97 Å². The van der Waals surface area contributed by atoms with E-state index >= 15 is 0 Å². The van der Waals surface area contributed by atoms with Crippen LogP contribution in [0.25, 0.3) is 0 Å². The summed E-state index contributed by atoms with van der Waals surface area (Å²) < 4.78 is 10.00. The summed E-state index contributed by atoms with van der Waals surface area (Å²) in [6.45, 7) is 2.78. The maximum Gasteiger partial charge on any atom is 0.307 e. The van der Waals surface area contributed by atoms with Gasteiger partial charge in [-0.3, -0.25) is 4.79 Å². The average Bonchev–Trinajstić information content (AvgIpc) is 2.38. The van der Waals surface area contributed by atoms with Crippen LogP contribution in [0.4, 0.5) is 0 Å². The van der Waals surface area contributed by atoms with Crippen molar-refractivity contribution in [3.05, 3.63) is 29.8 Å². The van der Waals surface area contributed by atoms with Gasteiger partial charge in [-0.15, -0.1) is 0 Å². The van der Waals surface area contributed by atoms with Gasteiger partial charge < -0.3 is 14.8 Å². The van der Waals surface area contributed by atoms with Gasteiger partial charge in [-0.25, -0.2) is 0 Å². The molecule has 1 rings (SSSR count). The van der Waals surface area contributed by atoms with Gasteiger partial charge in [0.25, 0.3) is 0 Å². The van der Waals surface area contributed by atoms with Crippen LogP contribution in [0.15, 0.2) is 24.3 Å². The summed E-state index contributed by atoms with van der Waals surface area (Å²) >= 11 is 0. The van der Waals surface area contributed by atoms with Crippen LogP contribution >= 0.6 is 0 Å². The second kappa shape index (κ2) is 6.91. The molecule has 1 aromatic carbocycles. The molecule has 0 aliphatic heterocycles. The number of esters is 1. The van der Waals surface area contributed by atoms with Gasteiger partial charge in [0.05, 0.1) is 20.6 Å². The SMILES string of the molecule is CCNC(CC(=O)OC)c1ccccc1OC. The molecule has 4 heteroatoms. The molecular formula is C13H19NO3. The second-order valence-electron chi connectivity index (χ2n) is 3.63. The number of carbonyl (C=O) groups is 1. The third-order valence-corrected chi connectivity index (χ3v) is 2.56. The van der Waals surface area contributed by atoms with Crippen LogP contribution in [0, 0.1) is 0 Å². The van der Waals surface area contributed by atoms with Crippen molar-refractivity contribution < 1.29 is 14.3 Å². The molecule has 1 atom stereocenters. The predicted octanol–water partition coefficient (Wildman–Crippen LogP) is 1.91. The molecule has 4 nitrogen and oxygen atoms in total. The predicted molar refractivity (Wildman–Crippen MR) is 66.0 cm³/mol. The van der Waals surface area contributed by atoms with Gasteiger partial charge in [0.1, 0.15) is 5.75 Å². The third-order valence-electron chi connectivity index (χ3n) is 2.56. The molecule has 1 aromatic rings. The van der Waals surface area contributed by atoms with Gasteiger partial charge in [0.2, 0.25) is 0 Å². The van der Waals surface area contributed by atoms with Crippen LogP contribution in [0.1, 0.15) is 24.9 Å². The number of hydrogen-bond donors (Lipinski definition) is 1. The Bertz CT molecular complexity index is 365. The summed E-state index contributed by atoms with van der Waals surface area (Å²) in [6.07, 6.45) is 0.296. The van der Waals surface area contributed by atoms with Crippen LogP contribution in [0.5, 0.6) is 5.75 Å². The zero-order valence-corrected chi connectivity index (χ0v) is 10.5. The first kappa shape index (κ1) is 13.5. The van der Waals surface area contributed by atoms with Crippen molar-refractivity contribution in [2.45, 2.75) is 19.4 Å². The molecule has 0 heterocycles. The van der Waals surface area contributed by atoms with E-state index in [9.17, 15) is 4.79 Å². The molecule has 1 N–H and O–H groups in total. The molecule has 0 bridgehead atoms. The maximum atomic E-state index is 11.4. The van der Waals surface area contributed by atoms with Crippen molar-refractivity contribution in [1.82, 2.24) is 5.32 Å². The molecule has 0 saturated carbocycles. The summed E-state index contributed by atoms with van der Waals surface area (Å²) in [7, 11) is 3.02. The normalized spacial score (nSPS) is 11.9. The molecule has 0 radical (unpaired) electrons. The van der Waals surface area contributed by atoms with Gasteiger partial charge in [-0.1, -0.05) is 25.1 Å². The van der Waals surface area contributed by atoms with Gasteiger partial charge in [-0.2, -0.15) is 0 Å². The second-order valence-corrected chi connectivity index (χ2v) is 3.63. The third kappa shape index (κ3) is 3.75. The van der Waals surface area contributed by atoms with E-state index in [1.54, 1.807) is 7.11 Å². The van der Waals surface area contributed by atoms with E-state index in [2.05, 4.69) is 5.32 Å². The first-order chi connectivity index (χ1) is 8.22. The molecule has 0 spiro atoms. The molecule has 0 amide bonds. The van der Waals surface area contributed by atoms with Crippen molar-refractivity contribution in [3.8, 4) is 5.75 Å². The summed E-state index contributed by atoms with van der Waals surface area (Å²) in [5.41, 5.74) is 0.974. The molecule has 0 saturated heterocycles.